The summed E-state index contributed by atoms with van der Waals surface area (Å²) in [6.07, 6.45) is 0.976. The summed E-state index contributed by atoms with van der Waals surface area (Å²) in [5.41, 5.74) is 1.63. The van der Waals surface area contributed by atoms with E-state index in [0.717, 1.165) is 24.3 Å². The molecule has 1 aliphatic heterocycles. The fourth-order valence-corrected chi connectivity index (χ4v) is 1.83. The third-order valence-corrected chi connectivity index (χ3v) is 3.24. The van der Waals surface area contributed by atoms with E-state index in [9.17, 15) is 4.39 Å². The van der Waals surface area contributed by atoms with E-state index >= 15 is 0 Å². The normalized spacial score (nSPS) is 24.0. The van der Waals surface area contributed by atoms with Crippen LogP contribution in [0.25, 0.3) is 0 Å². The Balaban J connectivity index is 2.38. The lowest BCUT2D eigenvalue weighted by atomic mass is 9.95. The van der Waals surface area contributed by atoms with Gasteiger partial charge in [-0.15, -0.1) is 0 Å². The maximum absolute atomic E-state index is 13.3. The lowest BCUT2D eigenvalue weighted by molar-refractivity contribution is 0.512. The van der Waals surface area contributed by atoms with Crippen LogP contribution in [0.4, 0.5) is 15.8 Å². The molecule has 15 heavy (non-hydrogen) atoms. The highest BCUT2D eigenvalue weighted by molar-refractivity contribution is 6.31. The van der Waals surface area contributed by atoms with Crippen molar-refractivity contribution in [3.8, 4) is 0 Å². The predicted molar refractivity (Wildman–Crippen MR) is 62.2 cm³/mol. The third-order valence-electron chi connectivity index (χ3n) is 2.95. The molecule has 2 N–H and O–H groups in total. The summed E-state index contributed by atoms with van der Waals surface area (Å²) in [6, 6.07) is 3.06. The second kappa shape index (κ2) is 3.56. The topological polar surface area (TPSA) is 24.1 Å². The van der Waals surface area contributed by atoms with Gasteiger partial charge in [0.2, 0.25) is 0 Å². The smallest absolute Gasteiger partial charge is 0.143 e. The summed E-state index contributed by atoms with van der Waals surface area (Å²) < 4.78 is 13.3. The van der Waals surface area contributed by atoms with Crippen LogP contribution in [0.3, 0.4) is 0 Å². The fraction of sp³-hybridized carbons (Fsp3) is 0.455. The van der Waals surface area contributed by atoms with Gasteiger partial charge in [-0.3, -0.25) is 0 Å². The molecule has 0 saturated carbocycles. The molecule has 82 valence electrons. The van der Waals surface area contributed by atoms with Crippen molar-refractivity contribution in [3.05, 3.63) is 23.0 Å². The fourth-order valence-electron chi connectivity index (χ4n) is 1.67. The molecule has 4 heteroatoms. The molecule has 2 rings (SSSR count). The number of hydrogen-bond acceptors (Lipinski definition) is 2. The van der Waals surface area contributed by atoms with Crippen LogP contribution in [-0.2, 0) is 0 Å². The zero-order chi connectivity index (χ0) is 11.1. The Kier molecular flexibility index (Phi) is 2.51. The minimum atomic E-state index is -0.384. The van der Waals surface area contributed by atoms with Gasteiger partial charge in [0.1, 0.15) is 5.82 Å². The second-order valence-electron chi connectivity index (χ2n) is 4.20. The summed E-state index contributed by atoms with van der Waals surface area (Å²) in [7, 11) is 0. The van der Waals surface area contributed by atoms with Crippen molar-refractivity contribution in [2.75, 3.05) is 17.2 Å². The average molecular weight is 229 g/mol. The molecule has 0 amide bonds. The Labute approximate surface area is 93.8 Å². The highest BCUT2D eigenvalue weighted by Gasteiger charge is 2.27. The zero-order valence-corrected chi connectivity index (χ0v) is 9.58. The lowest BCUT2D eigenvalue weighted by Crippen LogP contribution is -2.44. The van der Waals surface area contributed by atoms with Gasteiger partial charge >= 0.3 is 0 Å². The molecule has 1 atom stereocenters. The van der Waals surface area contributed by atoms with E-state index in [-0.39, 0.29) is 16.4 Å². The van der Waals surface area contributed by atoms with Crippen LogP contribution in [0.5, 0.6) is 0 Å². The van der Waals surface area contributed by atoms with Gasteiger partial charge in [-0.05, 0) is 19.4 Å². The van der Waals surface area contributed by atoms with Crippen molar-refractivity contribution < 1.29 is 4.39 Å². The molecule has 1 aromatic rings. The monoisotopic (exact) mass is 228 g/mol. The Hall–Kier alpha value is -0.960. The summed E-state index contributed by atoms with van der Waals surface area (Å²) in [5, 5.41) is 6.74. The van der Waals surface area contributed by atoms with E-state index in [0.29, 0.717) is 0 Å². The van der Waals surface area contributed by atoms with Crippen LogP contribution in [0.2, 0.25) is 5.02 Å². The molecule has 0 bridgehead atoms. The molecule has 0 aromatic heterocycles. The molecule has 2 nitrogen and oxygen atoms in total. The van der Waals surface area contributed by atoms with Crippen molar-refractivity contribution in [2.45, 2.75) is 25.8 Å². The first-order chi connectivity index (χ1) is 7.04. The van der Waals surface area contributed by atoms with E-state index in [4.69, 9.17) is 11.6 Å². The van der Waals surface area contributed by atoms with E-state index in [1.54, 1.807) is 6.07 Å². The van der Waals surface area contributed by atoms with E-state index in [1.165, 1.54) is 6.07 Å². The minimum Gasteiger partial charge on any atom is -0.381 e. The zero-order valence-electron chi connectivity index (χ0n) is 8.82. The molecule has 1 unspecified atom stereocenters. The van der Waals surface area contributed by atoms with Crippen molar-refractivity contribution >= 4 is 23.0 Å². The maximum atomic E-state index is 13.3. The standard InChI is InChI=1S/C11H14ClFN2/c1-3-11(2)6-14-9-4-7(12)8(13)5-10(9)15-11/h4-5,14-15H,3,6H2,1-2H3. The molecule has 1 heterocycles. The number of nitrogens with one attached hydrogen (secondary N) is 2. The number of anilines is 2. The van der Waals surface area contributed by atoms with E-state index in [2.05, 4.69) is 24.5 Å². The quantitative estimate of drug-likeness (QED) is 0.769. The van der Waals surface area contributed by atoms with Crippen LogP contribution >= 0.6 is 11.6 Å². The maximum Gasteiger partial charge on any atom is 0.143 e. The SMILES string of the molecule is CCC1(C)CNc2cc(Cl)c(F)cc2N1. The summed E-state index contributed by atoms with van der Waals surface area (Å²) in [5.74, 6) is -0.384. The van der Waals surface area contributed by atoms with Crippen molar-refractivity contribution in [1.29, 1.82) is 0 Å². The Bertz CT molecular complexity index is 394. The molecule has 0 fully saturated rings. The van der Waals surface area contributed by atoms with Gasteiger partial charge in [-0.1, -0.05) is 18.5 Å². The van der Waals surface area contributed by atoms with Crippen molar-refractivity contribution in [1.82, 2.24) is 0 Å². The molecular weight excluding hydrogens is 215 g/mol. The number of fused-ring (bicyclic) bond motifs is 1. The largest absolute Gasteiger partial charge is 0.381 e. The Morgan fingerprint density at radius 1 is 1.47 bits per heavy atom. The number of halogens is 2. The molecule has 1 aliphatic rings. The van der Waals surface area contributed by atoms with E-state index < -0.39 is 0 Å². The lowest BCUT2D eigenvalue weighted by Gasteiger charge is -2.37. The molecule has 0 aliphatic carbocycles. The van der Waals surface area contributed by atoms with Gasteiger partial charge in [0.05, 0.1) is 21.9 Å². The Morgan fingerprint density at radius 2 is 2.20 bits per heavy atom. The van der Waals surface area contributed by atoms with Gasteiger partial charge in [0.15, 0.2) is 0 Å². The van der Waals surface area contributed by atoms with Gasteiger partial charge in [-0.25, -0.2) is 4.39 Å². The van der Waals surface area contributed by atoms with Crippen LogP contribution in [-0.4, -0.2) is 12.1 Å². The van der Waals surface area contributed by atoms with Crippen LogP contribution in [0, 0.1) is 5.82 Å². The van der Waals surface area contributed by atoms with Gasteiger partial charge in [0, 0.05) is 12.6 Å². The minimum absolute atomic E-state index is 0.0206. The number of hydrogen-bond donors (Lipinski definition) is 2. The van der Waals surface area contributed by atoms with Crippen LogP contribution in [0.15, 0.2) is 12.1 Å². The van der Waals surface area contributed by atoms with Gasteiger partial charge < -0.3 is 10.6 Å². The summed E-state index contributed by atoms with van der Waals surface area (Å²) in [6.45, 7) is 5.03. The van der Waals surface area contributed by atoms with E-state index in [1.807, 2.05) is 0 Å². The molecule has 1 aromatic carbocycles. The third kappa shape index (κ3) is 1.88. The number of rotatable bonds is 1. The molecular formula is C11H14ClFN2. The first kappa shape index (κ1) is 10.6. The molecule has 0 radical (unpaired) electrons. The van der Waals surface area contributed by atoms with Crippen LogP contribution < -0.4 is 10.6 Å². The van der Waals surface area contributed by atoms with Crippen LogP contribution in [0.1, 0.15) is 20.3 Å². The van der Waals surface area contributed by atoms with Crippen molar-refractivity contribution in [3.63, 3.8) is 0 Å². The van der Waals surface area contributed by atoms with Gasteiger partial charge in [-0.2, -0.15) is 0 Å². The highest BCUT2D eigenvalue weighted by Crippen LogP contribution is 2.34. The van der Waals surface area contributed by atoms with Crippen molar-refractivity contribution in [2.24, 2.45) is 0 Å². The first-order valence-corrected chi connectivity index (χ1v) is 5.43. The number of benzene rings is 1. The van der Waals surface area contributed by atoms with Gasteiger partial charge in [0.25, 0.3) is 0 Å². The predicted octanol–water partition coefficient (Wildman–Crippen LogP) is 3.49. The Morgan fingerprint density at radius 3 is 2.87 bits per heavy atom. The highest BCUT2D eigenvalue weighted by atomic mass is 35.5. The second-order valence-corrected chi connectivity index (χ2v) is 4.61. The first-order valence-electron chi connectivity index (χ1n) is 5.05. The average Bonchev–Trinajstić information content (AvgIpc) is 2.21. The molecule has 0 saturated heterocycles. The molecule has 0 spiro atoms. The summed E-state index contributed by atoms with van der Waals surface area (Å²) >= 11 is 5.71. The summed E-state index contributed by atoms with van der Waals surface area (Å²) in [4.78, 5) is 0.